The molecule has 0 saturated carbocycles. The van der Waals surface area contributed by atoms with Crippen LogP contribution in [0.1, 0.15) is 43.7 Å². The molecule has 0 bridgehead atoms. The van der Waals surface area contributed by atoms with Crippen LogP contribution in [0.2, 0.25) is 0 Å². The summed E-state index contributed by atoms with van der Waals surface area (Å²) in [4.78, 5) is 12.7. The first kappa shape index (κ1) is 21.7. The smallest absolute Gasteiger partial charge is 0.312 e. The Kier molecular flexibility index (Phi) is 8.27. The Hall–Kier alpha value is -2.59. The van der Waals surface area contributed by atoms with Gasteiger partial charge in [-0.1, -0.05) is 81.3 Å². The van der Waals surface area contributed by atoms with Gasteiger partial charge in [0, 0.05) is 0 Å². The lowest BCUT2D eigenvalue weighted by atomic mass is 9.74. The SMILES string of the molecule is C=CCOc1ccc(C(O)(c2ccccc2)C(CCCCC)C(=O)OC)cc1. The van der Waals surface area contributed by atoms with Crippen molar-refractivity contribution in [2.75, 3.05) is 13.7 Å². The summed E-state index contributed by atoms with van der Waals surface area (Å²) in [6.07, 6.45) is 5.08. The number of unbranched alkanes of at least 4 members (excludes halogenated alkanes) is 2. The van der Waals surface area contributed by atoms with E-state index >= 15 is 0 Å². The van der Waals surface area contributed by atoms with Gasteiger partial charge in [-0.3, -0.25) is 4.79 Å². The molecule has 2 unspecified atom stereocenters. The number of esters is 1. The zero-order chi connectivity index (χ0) is 20.4. The third-order valence-electron chi connectivity index (χ3n) is 4.96. The number of hydrogen-bond donors (Lipinski definition) is 1. The fraction of sp³-hybridized carbons (Fsp3) is 0.375. The molecule has 2 aromatic rings. The number of ether oxygens (including phenoxy) is 2. The molecule has 2 aromatic carbocycles. The van der Waals surface area contributed by atoms with Gasteiger partial charge in [0.15, 0.2) is 0 Å². The minimum absolute atomic E-state index is 0.407. The normalized spacial score (nSPS) is 14.0. The summed E-state index contributed by atoms with van der Waals surface area (Å²) in [7, 11) is 1.37. The van der Waals surface area contributed by atoms with Crippen LogP contribution >= 0.6 is 0 Å². The number of benzene rings is 2. The summed E-state index contributed by atoms with van der Waals surface area (Å²) < 4.78 is 10.6. The second-order valence-electron chi connectivity index (χ2n) is 6.83. The number of carbonyl (C=O) groups excluding carboxylic acids is 1. The second kappa shape index (κ2) is 10.7. The minimum Gasteiger partial charge on any atom is -0.490 e. The summed E-state index contributed by atoms with van der Waals surface area (Å²) in [5.74, 6) is -0.430. The Bertz CT molecular complexity index is 739. The molecule has 0 aliphatic heterocycles. The monoisotopic (exact) mass is 382 g/mol. The van der Waals surface area contributed by atoms with Gasteiger partial charge in [-0.05, 0) is 29.7 Å². The average Bonchev–Trinajstić information content (AvgIpc) is 2.75. The molecular formula is C24H30O4. The van der Waals surface area contributed by atoms with Crippen LogP contribution in [0.3, 0.4) is 0 Å². The molecule has 150 valence electrons. The quantitative estimate of drug-likeness (QED) is 0.343. The van der Waals surface area contributed by atoms with E-state index in [4.69, 9.17) is 9.47 Å². The van der Waals surface area contributed by atoms with Crippen LogP contribution in [0.4, 0.5) is 0 Å². The largest absolute Gasteiger partial charge is 0.490 e. The summed E-state index contributed by atoms with van der Waals surface area (Å²) in [6, 6.07) is 16.5. The lowest BCUT2D eigenvalue weighted by molar-refractivity contribution is -0.154. The standard InChI is InChI=1S/C24H30O4/c1-4-6-8-13-22(23(25)27-3)24(26,19-11-9-7-10-12-19)20-14-16-21(17-15-20)28-18-5-2/h5,7,9-12,14-17,22,26H,2,4,6,8,13,18H2,1,3H3. The molecule has 2 atom stereocenters. The molecular weight excluding hydrogens is 352 g/mol. The van der Waals surface area contributed by atoms with Crippen molar-refractivity contribution >= 4 is 5.97 Å². The van der Waals surface area contributed by atoms with E-state index in [0.717, 1.165) is 19.3 Å². The van der Waals surface area contributed by atoms with E-state index in [1.165, 1.54) is 7.11 Å². The molecule has 0 amide bonds. The van der Waals surface area contributed by atoms with E-state index in [9.17, 15) is 9.90 Å². The van der Waals surface area contributed by atoms with Crippen molar-refractivity contribution in [3.63, 3.8) is 0 Å². The third kappa shape index (κ3) is 5.02. The summed E-state index contributed by atoms with van der Waals surface area (Å²) >= 11 is 0. The molecule has 0 heterocycles. The van der Waals surface area contributed by atoms with Gasteiger partial charge in [0.1, 0.15) is 18.0 Å². The van der Waals surface area contributed by atoms with Gasteiger partial charge in [0.25, 0.3) is 0 Å². The highest BCUT2D eigenvalue weighted by molar-refractivity contribution is 5.75. The van der Waals surface area contributed by atoms with E-state index in [0.29, 0.717) is 29.9 Å². The first-order valence-corrected chi connectivity index (χ1v) is 9.77. The molecule has 0 radical (unpaired) electrons. The molecule has 0 aromatic heterocycles. The Morgan fingerprint density at radius 3 is 2.32 bits per heavy atom. The highest BCUT2D eigenvalue weighted by Crippen LogP contribution is 2.40. The van der Waals surface area contributed by atoms with Gasteiger partial charge in [-0.15, -0.1) is 0 Å². The first-order valence-electron chi connectivity index (χ1n) is 9.77. The number of carbonyl (C=O) groups is 1. The van der Waals surface area contributed by atoms with E-state index in [-0.39, 0.29) is 0 Å². The van der Waals surface area contributed by atoms with Crippen molar-refractivity contribution in [3.8, 4) is 5.75 Å². The maximum atomic E-state index is 12.7. The Morgan fingerprint density at radius 2 is 1.75 bits per heavy atom. The summed E-state index contributed by atoms with van der Waals surface area (Å²) in [5.41, 5.74) is -0.183. The fourth-order valence-corrected chi connectivity index (χ4v) is 3.46. The summed E-state index contributed by atoms with van der Waals surface area (Å²) in [6.45, 7) is 6.16. The van der Waals surface area contributed by atoms with Crippen LogP contribution in [0.25, 0.3) is 0 Å². The topological polar surface area (TPSA) is 55.8 Å². The molecule has 0 spiro atoms. The molecule has 0 aliphatic carbocycles. The van der Waals surface area contributed by atoms with E-state index < -0.39 is 17.5 Å². The molecule has 0 fully saturated rings. The Morgan fingerprint density at radius 1 is 1.11 bits per heavy atom. The van der Waals surface area contributed by atoms with Crippen LogP contribution in [0, 0.1) is 5.92 Å². The number of hydrogen-bond acceptors (Lipinski definition) is 4. The fourth-order valence-electron chi connectivity index (χ4n) is 3.46. The van der Waals surface area contributed by atoms with Crippen molar-refractivity contribution in [3.05, 3.63) is 78.4 Å². The van der Waals surface area contributed by atoms with Crippen molar-refractivity contribution in [1.82, 2.24) is 0 Å². The zero-order valence-corrected chi connectivity index (χ0v) is 16.8. The van der Waals surface area contributed by atoms with Gasteiger partial charge in [-0.25, -0.2) is 0 Å². The lowest BCUT2D eigenvalue weighted by Crippen LogP contribution is -2.41. The molecule has 2 rings (SSSR count). The van der Waals surface area contributed by atoms with Crippen LogP contribution in [-0.4, -0.2) is 24.8 Å². The highest BCUT2D eigenvalue weighted by Gasteiger charge is 2.44. The lowest BCUT2D eigenvalue weighted by Gasteiger charge is -2.36. The van der Waals surface area contributed by atoms with Crippen LogP contribution in [-0.2, 0) is 15.1 Å². The van der Waals surface area contributed by atoms with Gasteiger partial charge >= 0.3 is 5.97 Å². The minimum atomic E-state index is -1.49. The van der Waals surface area contributed by atoms with Gasteiger partial charge in [-0.2, -0.15) is 0 Å². The number of methoxy groups -OCH3 is 1. The van der Waals surface area contributed by atoms with Crippen LogP contribution in [0.15, 0.2) is 67.3 Å². The molecule has 4 nitrogen and oxygen atoms in total. The van der Waals surface area contributed by atoms with E-state index in [1.807, 2.05) is 30.3 Å². The molecule has 0 aliphatic rings. The summed E-state index contributed by atoms with van der Waals surface area (Å²) in [5, 5.41) is 11.9. The van der Waals surface area contributed by atoms with Gasteiger partial charge in [0.2, 0.25) is 0 Å². The maximum Gasteiger partial charge on any atom is 0.312 e. The van der Waals surface area contributed by atoms with Crippen molar-refractivity contribution < 1.29 is 19.4 Å². The highest BCUT2D eigenvalue weighted by atomic mass is 16.5. The number of aliphatic hydroxyl groups is 1. The predicted octanol–water partition coefficient (Wildman–Crippen LogP) is 4.86. The van der Waals surface area contributed by atoms with Gasteiger partial charge in [0.05, 0.1) is 13.0 Å². The molecule has 1 N–H and O–H groups in total. The first-order chi connectivity index (χ1) is 13.6. The van der Waals surface area contributed by atoms with Crippen molar-refractivity contribution in [2.45, 2.75) is 38.2 Å². The molecule has 0 saturated heterocycles. The third-order valence-corrected chi connectivity index (χ3v) is 4.96. The van der Waals surface area contributed by atoms with Crippen molar-refractivity contribution in [2.24, 2.45) is 5.92 Å². The average molecular weight is 383 g/mol. The Labute approximate surface area is 167 Å². The molecule has 4 heteroatoms. The zero-order valence-electron chi connectivity index (χ0n) is 16.8. The van der Waals surface area contributed by atoms with Crippen LogP contribution < -0.4 is 4.74 Å². The van der Waals surface area contributed by atoms with Crippen LogP contribution in [0.5, 0.6) is 5.75 Å². The second-order valence-corrected chi connectivity index (χ2v) is 6.83. The Balaban J connectivity index is 2.49. The van der Waals surface area contributed by atoms with Gasteiger partial charge < -0.3 is 14.6 Å². The van der Waals surface area contributed by atoms with E-state index in [1.54, 1.807) is 30.3 Å². The predicted molar refractivity (Wildman–Crippen MR) is 111 cm³/mol. The molecule has 28 heavy (non-hydrogen) atoms. The van der Waals surface area contributed by atoms with E-state index in [2.05, 4.69) is 13.5 Å². The van der Waals surface area contributed by atoms with Crippen molar-refractivity contribution in [1.29, 1.82) is 0 Å². The number of rotatable bonds is 11. The maximum absolute atomic E-state index is 12.7.